The van der Waals surface area contributed by atoms with Crippen molar-refractivity contribution in [2.24, 2.45) is 0 Å². The molecule has 0 saturated carbocycles. The van der Waals surface area contributed by atoms with Crippen LogP contribution >= 0.6 is 0 Å². The van der Waals surface area contributed by atoms with Crippen molar-refractivity contribution < 1.29 is 14.6 Å². The minimum Gasteiger partial charge on any atom is -0.491 e. The molecule has 1 amide bonds. The second-order valence-corrected chi connectivity index (χ2v) is 4.89. The molecule has 0 aliphatic heterocycles. The molecule has 5 nitrogen and oxygen atoms in total. The zero-order valence-electron chi connectivity index (χ0n) is 12.2. The smallest absolute Gasteiger partial charge is 0.226 e. The van der Waals surface area contributed by atoms with Gasteiger partial charge in [0.1, 0.15) is 5.75 Å². The lowest BCUT2D eigenvalue weighted by Gasteiger charge is -2.26. The monoisotopic (exact) mass is 280 g/mol. The first-order valence-corrected chi connectivity index (χ1v) is 6.94. The van der Waals surface area contributed by atoms with Gasteiger partial charge in [-0.3, -0.25) is 4.79 Å². The van der Waals surface area contributed by atoms with Gasteiger partial charge in [-0.25, -0.2) is 0 Å². The van der Waals surface area contributed by atoms with E-state index in [1.54, 1.807) is 17.0 Å². The van der Waals surface area contributed by atoms with E-state index in [4.69, 9.17) is 15.6 Å². The molecule has 0 saturated heterocycles. The van der Waals surface area contributed by atoms with Crippen LogP contribution in [0.25, 0.3) is 0 Å². The van der Waals surface area contributed by atoms with E-state index >= 15 is 0 Å². The Balaban J connectivity index is 2.43. The molecule has 0 aliphatic rings. The molecule has 3 N–H and O–H groups in total. The Morgan fingerprint density at radius 3 is 2.70 bits per heavy atom. The number of rotatable bonds is 8. The SMILES string of the molecule is CC(C)N(CCCO)C(=O)CCOc1ccccc1N. The molecule has 0 aromatic heterocycles. The third-order valence-electron chi connectivity index (χ3n) is 2.99. The molecule has 20 heavy (non-hydrogen) atoms. The zero-order valence-corrected chi connectivity index (χ0v) is 12.2. The van der Waals surface area contributed by atoms with E-state index < -0.39 is 0 Å². The summed E-state index contributed by atoms with van der Waals surface area (Å²) in [6.45, 7) is 4.89. The molecular formula is C15H24N2O3. The van der Waals surface area contributed by atoms with Crippen LogP contribution in [0, 0.1) is 0 Å². The maximum Gasteiger partial charge on any atom is 0.226 e. The van der Waals surface area contributed by atoms with Crippen molar-refractivity contribution in [1.29, 1.82) is 0 Å². The number of nitrogens with zero attached hydrogens (tertiary/aromatic N) is 1. The third-order valence-corrected chi connectivity index (χ3v) is 2.99. The second kappa shape index (κ2) is 8.43. The van der Waals surface area contributed by atoms with Gasteiger partial charge in [0.05, 0.1) is 18.7 Å². The van der Waals surface area contributed by atoms with Crippen molar-refractivity contribution in [1.82, 2.24) is 4.90 Å². The molecule has 0 radical (unpaired) electrons. The van der Waals surface area contributed by atoms with Crippen LogP contribution in [0.4, 0.5) is 5.69 Å². The average Bonchev–Trinajstić information content (AvgIpc) is 2.41. The molecule has 1 rings (SSSR count). The van der Waals surface area contributed by atoms with Gasteiger partial charge in [0.2, 0.25) is 5.91 Å². The number of carbonyl (C=O) groups is 1. The van der Waals surface area contributed by atoms with Gasteiger partial charge in [0.25, 0.3) is 0 Å². The fourth-order valence-electron chi connectivity index (χ4n) is 1.92. The van der Waals surface area contributed by atoms with Crippen molar-refractivity contribution in [3.63, 3.8) is 0 Å². The summed E-state index contributed by atoms with van der Waals surface area (Å²) in [5.41, 5.74) is 6.33. The van der Waals surface area contributed by atoms with Gasteiger partial charge < -0.3 is 20.5 Å². The van der Waals surface area contributed by atoms with Crippen LogP contribution < -0.4 is 10.5 Å². The van der Waals surface area contributed by atoms with E-state index in [0.717, 1.165) is 0 Å². The summed E-state index contributed by atoms with van der Waals surface area (Å²) in [5, 5.41) is 8.86. The number of ether oxygens (including phenoxy) is 1. The van der Waals surface area contributed by atoms with E-state index in [9.17, 15) is 4.79 Å². The Labute approximate surface area is 120 Å². The molecular weight excluding hydrogens is 256 g/mol. The molecule has 5 heteroatoms. The molecule has 0 atom stereocenters. The van der Waals surface area contributed by atoms with E-state index in [1.165, 1.54) is 0 Å². The first-order valence-electron chi connectivity index (χ1n) is 6.94. The van der Waals surface area contributed by atoms with Gasteiger partial charge in [0, 0.05) is 19.2 Å². The molecule has 0 bridgehead atoms. The lowest BCUT2D eigenvalue weighted by Crippen LogP contribution is -2.38. The molecule has 0 aliphatic carbocycles. The lowest BCUT2D eigenvalue weighted by molar-refractivity contribution is -0.133. The van der Waals surface area contributed by atoms with E-state index in [-0.39, 0.29) is 18.6 Å². The van der Waals surface area contributed by atoms with Gasteiger partial charge in [-0.2, -0.15) is 0 Å². The predicted molar refractivity (Wildman–Crippen MR) is 79.5 cm³/mol. The molecule has 0 unspecified atom stereocenters. The van der Waals surface area contributed by atoms with E-state index in [2.05, 4.69) is 0 Å². The highest BCUT2D eigenvalue weighted by molar-refractivity contribution is 5.76. The summed E-state index contributed by atoms with van der Waals surface area (Å²) in [4.78, 5) is 13.9. The van der Waals surface area contributed by atoms with Crippen LogP contribution in [0.3, 0.4) is 0 Å². The maximum absolute atomic E-state index is 12.1. The van der Waals surface area contributed by atoms with Gasteiger partial charge in [-0.1, -0.05) is 12.1 Å². The number of nitrogen functional groups attached to an aromatic ring is 1. The van der Waals surface area contributed by atoms with Crippen molar-refractivity contribution in [3.8, 4) is 5.75 Å². The molecule has 0 fully saturated rings. The molecule has 112 valence electrons. The Bertz CT molecular complexity index is 421. The third kappa shape index (κ3) is 5.09. The summed E-state index contributed by atoms with van der Waals surface area (Å²) in [5.74, 6) is 0.634. The van der Waals surface area contributed by atoms with Crippen LogP contribution in [0.5, 0.6) is 5.75 Å². The van der Waals surface area contributed by atoms with Gasteiger partial charge in [-0.15, -0.1) is 0 Å². The van der Waals surface area contributed by atoms with Crippen molar-refractivity contribution in [2.75, 3.05) is 25.5 Å². The molecule has 1 aromatic rings. The topological polar surface area (TPSA) is 75.8 Å². The summed E-state index contributed by atoms with van der Waals surface area (Å²) >= 11 is 0. The quantitative estimate of drug-likeness (QED) is 0.710. The number of hydrogen-bond acceptors (Lipinski definition) is 4. The van der Waals surface area contributed by atoms with Gasteiger partial charge in [-0.05, 0) is 32.4 Å². The van der Waals surface area contributed by atoms with Crippen molar-refractivity contribution >= 4 is 11.6 Å². The standard InChI is InChI=1S/C15H24N2O3/c1-12(2)17(9-5-10-18)15(19)8-11-20-14-7-4-3-6-13(14)16/h3-4,6-7,12,18H,5,8-11,16H2,1-2H3. The fourth-order valence-corrected chi connectivity index (χ4v) is 1.92. The highest BCUT2D eigenvalue weighted by Crippen LogP contribution is 2.19. The summed E-state index contributed by atoms with van der Waals surface area (Å²) in [6.07, 6.45) is 0.897. The normalized spacial score (nSPS) is 10.6. The van der Waals surface area contributed by atoms with Gasteiger partial charge in [0.15, 0.2) is 0 Å². The summed E-state index contributed by atoms with van der Waals surface area (Å²) in [6, 6.07) is 7.35. The number of amides is 1. The van der Waals surface area contributed by atoms with Crippen LogP contribution in [0.1, 0.15) is 26.7 Å². The fraction of sp³-hybridized carbons (Fsp3) is 0.533. The summed E-state index contributed by atoms with van der Waals surface area (Å²) < 4.78 is 5.52. The molecule has 0 spiro atoms. The van der Waals surface area contributed by atoms with Crippen molar-refractivity contribution in [3.05, 3.63) is 24.3 Å². The average molecular weight is 280 g/mol. The minimum atomic E-state index is 0.0305. The number of anilines is 1. The van der Waals surface area contributed by atoms with Crippen LogP contribution in [0.15, 0.2) is 24.3 Å². The first-order chi connectivity index (χ1) is 9.56. The van der Waals surface area contributed by atoms with Crippen LogP contribution in [-0.2, 0) is 4.79 Å². The first kappa shape index (κ1) is 16.3. The van der Waals surface area contributed by atoms with Crippen LogP contribution in [-0.4, -0.2) is 41.7 Å². The predicted octanol–water partition coefficient (Wildman–Crippen LogP) is 1.66. The van der Waals surface area contributed by atoms with E-state index in [1.807, 2.05) is 26.0 Å². The maximum atomic E-state index is 12.1. The van der Waals surface area contributed by atoms with Crippen LogP contribution in [0.2, 0.25) is 0 Å². The number of para-hydroxylation sites is 2. The largest absolute Gasteiger partial charge is 0.491 e. The minimum absolute atomic E-state index is 0.0305. The second-order valence-electron chi connectivity index (χ2n) is 4.89. The number of aliphatic hydroxyl groups excluding tert-OH is 1. The Kier molecular flexibility index (Phi) is 6.87. The van der Waals surface area contributed by atoms with Crippen molar-refractivity contribution in [2.45, 2.75) is 32.7 Å². The number of aliphatic hydroxyl groups is 1. The number of nitrogens with two attached hydrogens (primary N) is 1. The van der Waals surface area contributed by atoms with E-state index in [0.29, 0.717) is 37.4 Å². The number of hydrogen-bond donors (Lipinski definition) is 2. The Morgan fingerprint density at radius 2 is 2.10 bits per heavy atom. The Hall–Kier alpha value is -1.75. The summed E-state index contributed by atoms with van der Waals surface area (Å²) in [7, 11) is 0. The molecule has 0 heterocycles. The highest BCUT2D eigenvalue weighted by atomic mass is 16.5. The highest BCUT2D eigenvalue weighted by Gasteiger charge is 2.16. The molecule has 1 aromatic carbocycles. The Morgan fingerprint density at radius 1 is 1.40 bits per heavy atom. The number of benzene rings is 1. The zero-order chi connectivity index (χ0) is 15.0. The van der Waals surface area contributed by atoms with Gasteiger partial charge >= 0.3 is 0 Å². The number of carbonyl (C=O) groups excluding carboxylic acids is 1. The lowest BCUT2D eigenvalue weighted by atomic mass is 10.2.